The van der Waals surface area contributed by atoms with Crippen LogP contribution in [-0.4, -0.2) is 4.98 Å². The number of aromatic nitrogens is 1. The highest BCUT2D eigenvalue weighted by atomic mass is 35.5. The molecule has 1 aromatic carbocycles. The smallest absolute Gasteiger partial charge is 0.131 e. The maximum absolute atomic E-state index is 6.08. The zero-order chi connectivity index (χ0) is 10.3. The summed E-state index contributed by atoms with van der Waals surface area (Å²) < 4.78 is 0. The third kappa shape index (κ3) is 1.58. The van der Waals surface area contributed by atoms with E-state index < -0.39 is 0 Å². The fourth-order valence-corrected chi connectivity index (χ4v) is 2.11. The molecule has 2 rings (SSSR count). The molecule has 0 aliphatic carbocycles. The molecule has 0 spiro atoms. The van der Waals surface area contributed by atoms with Crippen molar-refractivity contribution < 1.29 is 0 Å². The van der Waals surface area contributed by atoms with Gasteiger partial charge in [0.1, 0.15) is 5.15 Å². The van der Waals surface area contributed by atoms with Crippen LogP contribution in [-0.2, 0) is 0 Å². The van der Waals surface area contributed by atoms with Crippen molar-refractivity contribution in [1.82, 2.24) is 4.98 Å². The van der Waals surface area contributed by atoms with Gasteiger partial charge in [-0.3, -0.25) is 0 Å². The van der Waals surface area contributed by atoms with Gasteiger partial charge in [-0.2, -0.15) is 0 Å². The van der Waals surface area contributed by atoms with Crippen LogP contribution < -0.4 is 0 Å². The minimum Gasteiger partial charge on any atom is -0.236 e. The molecule has 14 heavy (non-hydrogen) atoms. The van der Waals surface area contributed by atoms with Gasteiger partial charge in [0.05, 0.1) is 10.5 Å². The summed E-state index contributed by atoms with van der Waals surface area (Å²) in [4.78, 5) is 4.26. The van der Waals surface area contributed by atoms with Crippen molar-refractivity contribution in [3.05, 3.63) is 39.5 Å². The number of halogens is 2. The molecule has 0 saturated heterocycles. The summed E-state index contributed by atoms with van der Waals surface area (Å²) in [6, 6.07) is 5.76. The molecule has 0 fully saturated rings. The molecule has 0 aliphatic rings. The van der Waals surface area contributed by atoms with E-state index in [4.69, 9.17) is 23.2 Å². The van der Waals surface area contributed by atoms with Crippen molar-refractivity contribution in [3.63, 3.8) is 0 Å². The number of fused-ring (bicyclic) bond motifs is 1. The maximum atomic E-state index is 6.08. The van der Waals surface area contributed by atoms with Crippen molar-refractivity contribution in [3.8, 4) is 0 Å². The van der Waals surface area contributed by atoms with E-state index in [2.05, 4.69) is 11.1 Å². The number of aryl methyl sites for hydroxylation is 2. The Balaban J connectivity index is 2.94. The van der Waals surface area contributed by atoms with Crippen LogP contribution in [0.25, 0.3) is 10.9 Å². The first-order valence-corrected chi connectivity index (χ1v) is 5.06. The van der Waals surface area contributed by atoms with Gasteiger partial charge in [0.15, 0.2) is 0 Å². The Morgan fingerprint density at radius 3 is 2.50 bits per heavy atom. The molecule has 72 valence electrons. The molecule has 1 aromatic heterocycles. The first-order chi connectivity index (χ1) is 6.58. The predicted octanol–water partition coefficient (Wildman–Crippen LogP) is 4.16. The number of rotatable bonds is 0. The quantitative estimate of drug-likeness (QED) is 0.614. The highest BCUT2D eigenvalue weighted by Gasteiger charge is 2.05. The number of hydrogen-bond donors (Lipinski definition) is 0. The molecule has 0 bridgehead atoms. The Hall–Kier alpha value is -0.790. The lowest BCUT2D eigenvalue weighted by Crippen LogP contribution is -1.87. The van der Waals surface area contributed by atoms with E-state index in [1.54, 1.807) is 6.07 Å². The maximum Gasteiger partial charge on any atom is 0.131 e. The normalized spacial score (nSPS) is 10.9. The topological polar surface area (TPSA) is 12.9 Å². The number of nitrogens with zero attached hydrogens (tertiary/aromatic N) is 1. The summed E-state index contributed by atoms with van der Waals surface area (Å²) in [5.41, 5.74) is 3.17. The van der Waals surface area contributed by atoms with Crippen molar-refractivity contribution in [2.24, 2.45) is 0 Å². The summed E-state index contributed by atoms with van der Waals surface area (Å²) in [7, 11) is 0. The largest absolute Gasteiger partial charge is 0.236 e. The van der Waals surface area contributed by atoms with Gasteiger partial charge in [-0.15, -0.1) is 0 Å². The third-order valence-corrected chi connectivity index (χ3v) is 2.67. The Morgan fingerprint density at radius 1 is 1.07 bits per heavy atom. The fourth-order valence-electron chi connectivity index (χ4n) is 1.61. The fraction of sp³-hybridized carbons (Fsp3) is 0.182. The highest BCUT2D eigenvalue weighted by Crippen LogP contribution is 2.28. The summed E-state index contributed by atoms with van der Waals surface area (Å²) in [5.74, 6) is 0. The molecular formula is C11H9Cl2N. The molecule has 1 heterocycles. The van der Waals surface area contributed by atoms with Gasteiger partial charge in [-0.1, -0.05) is 34.8 Å². The van der Waals surface area contributed by atoms with Crippen LogP contribution in [0.2, 0.25) is 10.2 Å². The minimum atomic E-state index is 0.439. The first-order valence-electron chi connectivity index (χ1n) is 4.31. The van der Waals surface area contributed by atoms with Gasteiger partial charge in [0.25, 0.3) is 0 Å². The van der Waals surface area contributed by atoms with Crippen LogP contribution in [0.3, 0.4) is 0 Å². The zero-order valence-electron chi connectivity index (χ0n) is 7.94. The summed E-state index contributed by atoms with van der Waals surface area (Å²) in [5, 5.41) is 2.06. The van der Waals surface area contributed by atoms with Gasteiger partial charge >= 0.3 is 0 Å². The molecule has 0 atom stereocenters. The SMILES string of the molecule is Cc1cc(C)c2nc(Cl)cc(Cl)c2c1. The van der Waals surface area contributed by atoms with Crippen molar-refractivity contribution >= 4 is 34.1 Å². The Morgan fingerprint density at radius 2 is 1.79 bits per heavy atom. The summed E-state index contributed by atoms with van der Waals surface area (Å²) in [6.07, 6.45) is 0. The molecule has 3 heteroatoms. The molecule has 2 aromatic rings. The Bertz CT molecular complexity index is 459. The molecule has 0 radical (unpaired) electrons. The van der Waals surface area contributed by atoms with Gasteiger partial charge in [0.2, 0.25) is 0 Å². The van der Waals surface area contributed by atoms with Gasteiger partial charge in [0, 0.05) is 5.39 Å². The van der Waals surface area contributed by atoms with Crippen molar-refractivity contribution in [2.75, 3.05) is 0 Å². The lowest BCUT2D eigenvalue weighted by molar-refractivity contribution is 1.34. The van der Waals surface area contributed by atoms with Crippen LogP contribution in [0.5, 0.6) is 0 Å². The van der Waals surface area contributed by atoms with Gasteiger partial charge in [-0.25, -0.2) is 4.98 Å². The minimum absolute atomic E-state index is 0.439. The highest BCUT2D eigenvalue weighted by molar-refractivity contribution is 6.37. The first kappa shape index (κ1) is 9.75. The van der Waals surface area contributed by atoms with Crippen molar-refractivity contribution in [1.29, 1.82) is 0 Å². The van der Waals surface area contributed by atoms with E-state index in [0.29, 0.717) is 10.2 Å². The second kappa shape index (κ2) is 3.41. The average molecular weight is 226 g/mol. The Labute approximate surface area is 92.7 Å². The summed E-state index contributed by atoms with van der Waals surface area (Å²) in [6.45, 7) is 4.05. The van der Waals surface area contributed by atoms with E-state index in [9.17, 15) is 0 Å². The van der Waals surface area contributed by atoms with E-state index in [1.165, 1.54) is 5.56 Å². The number of pyridine rings is 1. The monoisotopic (exact) mass is 225 g/mol. The standard InChI is InChI=1S/C11H9Cl2N/c1-6-3-7(2)11-8(4-6)9(12)5-10(13)14-11/h3-5H,1-2H3. The van der Waals surface area contributed by atoms with E-state index in [-0.39, 0.29) is 0 Å². The van der Waals surface area contributed by atoms with Crippen LogP contribution >= 0.6 is 23.2 Å². The average Bonchev–Trinajstić information content (AvgIpc) is 2.07. The predicted molar refractivity (Wildman–Crippen MR) is 61.2 cm³/mol. The van der Waals surface area contributed by atoms with E-state index in [1.807, 2.05) is 19.9 Å². The molecule has 1 nitrogen and oxygen atoms in total. The molecule has 0 unspecified atom stereocenters. The molecular weight excluding hydrogens is 217 g/mol. The number of benzene rings is 1. The third-order valence-electron chi connectivity index (χ3n) is 2.17. The number of hydrogen-bond acceptors (Lipinski definition) is 1. The Kier molecular flexibility index (Phi) is 2.38. The van der Waals surface area contributed by atoms with Crippen LogP contribution in [0.4, 0.5) is 0 Å². The van der Waals surface area contributed by atoms with Gasteiger partial charge < -0.3 is 0 Å². The van der Waals surface area contributed by atoms with E-state index in [0.717, 1.165) is 16.5 Å². The second-order valence-electron chi connectivity index (χ2n) is 3.40. The van der Waals surface area contributed by atoms with E-state index >= 15 is 0 Å². The lowest BCUT2D eigenvalue weighted by atomic mass is 10.1. The van der Waals surface area contributed by atoms with Crippen LogP contribution in [0, 0.1) is 13.8 Å². The lowest BCUT2D eigenvalue weighted by Gasteiger charge is -2.05. The summed E-state index contributed by atoms with van der Waals surface area (Å²) >= 11 is 11.9. The second-order valence-corrected chi connectivity index (χ2v) is 4.20. The van der Waals surface area contributed by atoms with Crippen LogP contribution in [0.15, 0.2) is 18.2 Å². The van der Waals surface area contributed by atoms with Crippen molar-refractivity contribution in [2.45, 2.75) is 13.8 Å². The molecule has 0 amide bonds. The molecule has 0 aliphatic heterocycles. The molecule has 0 saturated carbocycles. The van der Waals surface area contributed by atoms with Crippen LogP contribution in [0.1, 0.15) is 11.1 Å². The van der Waals surface area contributed by atoms with Gasteiger partial charge in [-0.05, 0) is 31.5 Å². The molecule has 0 N–H and O–H groups in total. The zero-order valence-corrected chi connectivity index (χ0v) is 9.45.